The largest absolute Gasteiger partial charge is 0.336 e. The number of hydrogen-bond acceptors (Lipinski definition) is 3. The number of nitrogens with one attached hydrogen (secondary N) is 1. The van der Waals surface area contributed by atoms with Crippen molar-refractivity contribution >= 4 is 21.6 Å². The van der Waals surface area contributed by atoms with E-state index in [0.29, 0.717) is 31.5 Å². The Bertz CT molecular complexity index is 1030. The lowest BCUT2D eigenvalue weighted by atomic mass is 9.93. The molecule has 6 heteroatoms. The second-order valence-electron chi connectivity index (χ2n) is 6.87. The molecule has 0 spiro atoms. The number of hydrogen-bond donors (Lipinski definition) is 1. The Balaban J connectivity index is 1.92. The van der Waals surface area contributed by atoms with Crippen LogP contribution >= 0.6 is 0 Å². The predicted octanol–water partition coefficient (Wildman–Crippen LogP) is 3.36. The minimum absolute atomic E-state index is 0.0937. The maximum atomic E-state index is 13.2. The average Bonchev–Trinajstić information content (AvgIpc) is 3.17. The molecule has 0 radical (unpaired) electrons. The fraction of sp³-hybridized carbons (Fsp3) is 0.318. The molecule has 2 aromatic carbocycles. The van der Waals surface area contributed by atoms with E-state index < -0.39 is 15.6 Å². The van der Waals surface area contributed by atoms with Gasteiger partial charge >= 0.3 is 0 Å². The lowest BCUT2D eigenvalue weighted by Crippen LogP contribution is -2.46. The molecule has 5 nitrogen and oxygen atoms in total. The minimum atomic E-state index is -3.76. The standard InChI is InChI=1S/C22H24N2O3S/c1-4-22(5-2,6-3)23-21(25)18-11-9-12-19(16-18)28(26,27)24-15-14-17-10-7-8-13-20(17)24/h1,7-13,16H,5-6,14-15H2,2-3H3,(H,23,25). The Morgan fingerprint density at radius 2 is 1.89 bits per heavy atom. The molecule has 0 aliphatic carbocycles. The van der Waals surface area contributed by atoms with E-state index in [0.717, 1.165) is 5.56 Å². The van der Waals surface area contributed by atoms with Crippen LogP contribution in [0.2, 0.25) is 0 Å². The van der Waals surface area contributed by atoms with Gasteiger partial charge in [0.15, 0.2) is 0 Å². The van der Waals surface area contributed by atoms with E-state index in [1.807, 2.05) is 32.0 Å². The molecule has 0 saturated carbocycles. The van der Waals surface area contributed by atoms with Crippen molar-refractivity contribution in [3.8, 4) is 12.3 Å². The molecule has 3 rings (SSSR count). The smallest absolute Gasteiger partial charge is 0.264 e. The molecule has 0 aromatic heterocycles. The number of carbonyl (C=O) groups is 1. The second-order valence-corrected chi connectivity index (χ2v) is 8.73. The zero-order valence-corrected chi connectivity index (χ0v) is 16.9. The van der Waals surface area contributed by atoms with Gasteiger partial charge in [0.2, 0.25) is 0 Å². The number of amides is 1. The number of rotatable bonds is 6. The van der Waals surface area contributed by atoms with Crippen LogP contribution in [0.4, 0.5) is 5.69 Å². The van der Waals surface area contributed by atoms with E-state index in [4.69, 9.17) is 6.42 Å². The second kappa shape index (κ2) is 7.69. The highest BCUT2D eigenvalue weighted by molar-refractivity contribution is 7.92. The summed E-state index contributed by atoms with van der Waals surface area (Å²) in [6.07, 6.45) is 7.47. The molecule has 28 heavy (non-hydrogen) atoms. The van der Waals surface area contributed by atoms with Gasteiger partial charge in [0.05, 0.1) is 10.6 Å². The summed E-state index contributed by atoms with van der Waals surface area (Å²) in [7, 11) is -3.76. The molecule has 2 aromatic rings. The van der Waals surface area contributed by atoms with Crippen LogP contribution in [-0.4, -0.2) is 26.4 Å². The van der Waals surface area contributed by atoms with Crippen molar-refractivity contribution in [1.29, 1.82) is 0 Å². The van der Waals surface area contributed by atoms with Crippen molar-refractivity contribution < 1.29 is 13.2 Å². The highest BCUT2D eigenvalue weighted by Crippen LogP contribution is 2.32. The number of nitrogens with zero attached hydrogens (tertiary/aromatic N) is 1. The summed E-state index contributed by atoms with van der Waals surface area (Å²) in [5.41, 5.74) is 1.24. The predicted molar refractivity (Wildman–Crippen MR) is 111 cm³/mol. The van der Waals surface area contributed by atoms with Gasteiger partial charge in [-0.2, -0.15) is 0 Å². The van der Waals surface area contributed by atoms with Crippen molar-refractivity contribution in [3.63, 3.8) is 0 Å². The summed E-state index contributed by atoms with van der Waals surface area (Å²) < 4.78 is 27.8. The normalized spacial score (nSPS) is 13.7. The maximum absolute atomic E-state index is 13.2. The third-order valence-electron chi connectivity index (χ3n) is 5.36. The van der Waals surface area contributed by atoms with Crippen LogP contribution < -0.4 is 9.62 Å². The van der Waals surface area contributed by atoms with Gasteiger partial charge in [0.25, 0.3) is 15.9 Å². The number of terminal acetylenes is 1. The van der Waals surface area contributed by atoms with Crippen LogP contribution in [0, 0.1) is 12.3 Å². The number of fused-ring (bicyclic) bond motifs is 1. The Hall–Kier alpha value is -2.78. The molecule has 1 aliphatic heterocycles. The molecule has 0 atom stereocenters. The van der Waals surface area contributed by atoms with E-state index in [9.17, 15) is 13.2 Å². The van der Waals surface area contributed by atoms with E-state index in [2.05, 4.69) is 11.2 Å². The van der Waals surface area contributed by atoms with E-state index >= 15 is 0 Å². The van der Waals surface area contributed by atoms with Crippen molar-refractivity contribution in [2.45, 2.75) is 43.5 Å². The van der Waals surface area contributed by atoms with Gasteiger partial charge in [-0.1, -0.05) is 44.0 Å². The molecule has 146 valence electrons. The van der Waals surface area contributed by atoms with Gasteiger partial charge in [0.1, 0.15) is 5.54 Å². The third-order valence-corrected chi connectivity index (χ3v) is 7.17. The topological polar surface area (TPSA) is 66.5 Å². The first-order chi connectivity index (χ1) is 13.4. The van der Waals surface area contributed by atoms with Crippen LogP contribution in [0.5, 0.6) is 0 Å². The summed E-state index contributed by atoms with van der Waals surface area (Å²) in [5.74, 6) is 2.28. The van der Waals surface area contributed by atoms with Gasteiger partial charge in [-0.15, -0.1) is 6.42 Å². The lowest BCUT2D eigenvalue weighted by Gasteiger charge is -2.27. The van der Waals surface area contributed by atoms with Crippen LogP contribution in [0.25, 0.3) is 0 Å². The van der Waals surface area contributed by atoms with Gasteiger partial charge in [-0.05, 0) is 49.1 Å². The Morgan fingerprint density at radius 3 is 2.57 bits per heavy atom. The highest BCUT2D eigenvalue weighted by atomic mass is 32.2. The van der Waals surface area contributed by atoms with E-state index in [1.165, 1.54) is 16.4 Å². The number of anilines is 1. The number of para-hydroxylation sites is 1. The highest BCUT2D eigenvalue weighted by Gasteiger charge is 2.31. The summed E-state index contributed by atoms with van der Waals surface area (Å²) in [6, 6.07) is 13.6. The molecule has 0 saturated heterocycles. The van der Waals surface area contributed by atoms with Crippen LogP contribution in [0.1, 0.15) is 42.6 Å². The monoisotopic (exact) mass is 396 g/mol. The van der Waals surface area contributed by atoms with Crippen molar-refractivity contribution in [2.24, 2.45) is 0 Å². The van der Waals surface area contributed by atoms with E-state index in [-0.39, 0.29) is 16.4 Å². The van der Waals surface area contributed by atoms with Gasteiger partial charge < -0.3 is 5.32 Å². The first-order valence-electron chi connectivity index (χ1n) is 9.38. The Labute approximate surface area is 166 Å². The zero-order valence-electron chi connectivity index (χ0n) is 16.1. The van der Waals surface area contributed by atoms with E-state index in [1.54, 1.807) is 18.2 Å². The SMILES string of the molecule is C#CC(CC)(CC)NC(=O)c1cccc(S(=O)(=O)N2CCc3ccccc32)c1. The lowest BCUT2D eigenvalue weighted by molar-refractivity contribution is 0.0916. The summed E-state index contributed by atoms with van der Waals surface area (Å²) in [5, 5.41) is 2.88. The molecular formula is C22H24N2O3S. The van der Waals surface area contributed by atoms with Gasteiger partial charge in [-0.3, -0.25) is 9.10 Å². The first kappa shape index (κ1) is 20.0. The van der Waals surface area contributed by atoms with Crippen molar-refractivity contribution in [1.82, 2.24) is 5.32 Å². The molecule has 1 aliphatic rings. The quantitative estimate of drug-likeness (QED) is 0.762. The minimum Gasteiger partial charge on any atom is -0.336 e. The average molecular weight is 397 g/mol. The molecule has 0 fully saturated rings. The van der Waals surface area contributed by atoms with Gasteiger partial charge in [0, 0.05) is 12.1 Å². The maximum Gasteiger partial charge on any atom is 0.264 e. The molecule has 1 amide bonds. The molecule has 0 bridgehead atoms. The number of sulfonamides is 1. The van der Waals surface area contributed by atoms with Gasteiger partial charge in [-0.25, -0.2) is 8.42 Å². The molecular weight excluding hydrogens is 372 g/mol. The number of benzene rings is 2. The van der Waals surface area contributed by atoms with Crippen molar-refractivity contribution in [3.05, 3.63) is 59.7 Å². The Kier molecular flexibility index (Phi) is 5.48. The summed E-state index contributed by atoms with van der Waals surface area (Å²) >= 11 is 0. The molecule has 1 N–H and O–H groups in total. The van der Waals surface area contributed by atoms with Crippen molar-refractivity contribution in [2.75, 3.05) is 10.8 Å². The molecule has 1 heterocycles. The fourth-order valence-corrected chi connectivity index (χ4v) is 4.99. The zero-order chi connectivity index (χ0) is 20.4. The third kappa shape index (κ3) is 3.50. The van der Waals surface area contributed by atoms with Crippen LogP contribution in [0.15, 0.2) is 53.4 Å². The van der Waals surface area contributed by atoms with Crippen LogP contribution in [0.3, 0.4) is 0 Å². The summed E-state index contributed by atoms with van der Waals surface area (Å²) in [4.78, 5) is 12.8. The van der Waals surface area contributed by atoms with Crippen LogP contribution in [-0.2, 0) is 16.4 Å². The first-order valence-corrected chi connectivity index (χ1v) is 10.8. The molecule has 0 unspecified atom stereocenters. The fourth-order valence-electron chi connectivity index (χ4n) is 3.44. The summed E-state index contributed by atoms with van der Waals surface area (Å²) in [6.45, 7) is 4.22. The number of carbonyl (C=O) groups excluding carboxylic acids is 1. The Morgan fingerprint density at radius 1 is 1.18 bits per heavy atom.